The summed E-state index contributed by atoms with van der Waals surface area (Å²) in [5.41, 5.74) is 0. The summed E-state index contributed by atoms with van der Waals surface area (Å²) < 4.78 is 15.5. The number of furan rings is 1. The lowest BCUT2D eigenvalue weighted by atomic mass is 10.2. The van der Waals surface area contributed by atoms with Crippen LogP contribution in [0.2, 0.25) is 10.0 Å². The lowest BCUT2D eigenvalue weighted by Crippen LogP contribution is -2.34. The fourth-order valence-corrected chi connectivity index (χ4v) is 2.41. The molecule has 0 fully saturated rings. The van der Waals surface area contributed by atoms with Gasteiger partial charge in [0, 0.05) is 5.02 Å². The van der Waals surface area contributed by atoms with Crippen molar-refractivity contribution < 1.29 is 23.5 Å². The zero-order chi connectivity index (χ0) is 18.4. The largest absolute Gasteiger partial charge is 0.477 e. The molecule has 0 radical (unpaired) electrons. The van der Waals surface area contributed by atoms with Gasteiger partial charge >= 0.3 is 5.97 Å². The highest BCUT2D eigenvalue weighted by molar-refractivity contribution is 6.35. The van der Waals surface area contributed by atoms with Crippen LogP contribution < -0.4 is 10.1 Å². The Hall–Kier alpha value is -2.18. The molecule has 2 rings (SSSR count). The first-order valence-corrected chi connectivity index (χ1v) is 8.23. The van der Waals surface area contributed by atoms with Crippen molar-refractivity contribution in [3.8, 4) is 5.75 Å². The number of hydrogen-bond acceptors (Lipinski definition) is 5. The van der Waals surface area contributed by atoms with Gasteiger partial charge in [0.1, 0.15) is 11.5 Å². The fraction of sp³-hybridized carbons (Fsp3) is 0.294. The van der Waals surface area contributed by atoms with Crippen molar-refractivity contribution in [2.24, 2.45) is 0 Å². The molecule has 1 N–H and O–H groups in total. The molecule has 0 spiro atoms. The van der Waals surface area contributed by atoms with Crippen LogP contribution in [0, 0.1) is 0 Å². The molecular weight excluding hydrogens is 369 g/mol. The first-order valence-electron chi connectivity index (χ1n) is 7.48. The van der Waals surface area contributed by atoms with E-state index in [4.69, 9.17) is 37.1 Å². The normalized spacial score (nSPS) is 13.0. The molecule has 1 aromatic heterocycles. The van der Waals surface area contributed by atoms with E-state index in [0.717, 1.165) is 0 Å². The van der Waals surface area contributed by atoms with Gasteiger partial charge in [-0.05, 0) is 44.2 Å². The molecule has 1 amide bonds. The molecule has 0 aliphatic heterocycles. The van der Waals surface area contributed by atoms with Crippen molar-refractivity contribution >= 4 is 35.1 Å². The second-order valence-corrected chi connectivity index (χ2v) is 6.09. The van der Waals surface area contributed by atoms with E-state index in [0.29, 0.717) is 16.5 Å². The maximum atomic E-state index is 11.9. The van der Waals surface area contributed by atoms with Gasteiger partial charge in [-0.25, -0.2) is 4.79 Å². The number of amides is 1. The summed E-state index contributed by atoms with van der Waals surface area (Å²) in [5.74, 6) is -0.235. The molecule has 0 saturated carbocycles. The van der Waals surface area contributed by atoms with Gasteiger partial charge in [-0.15, -0.1) is 0 Å². The van der Waals surface area contributed by atoms with Crippen LogP contribution in [0.3, 0.4) is 0 Å². The molecule has 134 valence electrons. The molecule has 1 heterocycles. The van der Waals surface area contributed by atoms with Crippen LogP contribution in [0.1, 0.15) is 25.6 Å². The van der Waals surface area contributed by atoms with E-state index in [1.807, 2.05) is 0 Å². The molecule has 0 bridgehead atoms. The van der Waals surface area contributed by atoms with Gasteiger partial charge in [0.15, 0.2) is 12.7 Å². The molecule has 0 aliphatic carbocycles. The minimum absolute atomic E-state index is 0.275. The topological polar surface area (TPSA) is 77.8 Å². The molecule has 0 unspecified atom stereocenters. The minimum atomic E-state index is -0.936. The summed E-state index contributed by atoms with van der Waals surface area (Å²) >= 11 is 11.8. The van der Waals surface area contributed by atoms with Crippen molar-refractivity contribution in [1.29, 1.82) is 0 Å². The van der Waals surface area contributed by atoms with E-state index in [9.17, 15) is 9.59 Å². The Morgan fingerprint density at radius 1 is 1.24 bits per heavy atom. The zero-order valence-corrected chi connectivity index (χ0v) is 15.1. The van der Waals surface area contributed by atoms with Gasteiger partial charge in [0.2, 0.25) is 0 Å². The fourth-order valence-electron chi connectivity index (χ4n) is 1.96. The Morgan fingerprint density at radius 3 is 2.64 bits per heavy atom. The SMILES string of the molecule is C[C@H](Oc1ccc(Cl)cc1Cl)C(=O)OCC(=O)N[C@H](C)c1ccco1. The zero-order valence-electron chi connectivity index (χ0n) is 13.6. The predicted molar refractivity (Wildman–Crippen MR) is 92.8 cm³/mol. The highest BCUT2D eigenvalue weighted by Gasteiger charge is 2.20. The molecule has 0 saturated heterocycles. The Bertz CT molecular complexity index is 733. The van der Waals surface area contributed by atoms with Gasteiger partial charge in [-0.2, -0.15) is 0 Å². The molecule has 25 heavy (non-hydrogen) atoms. The van der Waals surface area contributed by atoms with E-state index < -0.39 is 24.6 Å². The van der Waals surface area contributed by atoms with Crippen molar-refractivity contribution in [1.82, 2.24) is 5.32 Å². The highest BCUT2D eigenvalue weighted by atomic mass is 35.5. The van der Waals surface area contributed by atoms with E-state index in [-0.39, 0.29) is 11.1 Å². The number of hydrogen-bond donors (Lipinski definition) is 1. The quantitative estimate of drug-likeness (QED) is 0.733. The maximum absolute atomic E-state index is 11.9. The van der Waals surface area contributed by atoms with Gasteiger partial charge in [0.05, 0.1) is 17.3 Å². The number of ether oxygens (including phenoxy) is 2. The van der Waals surface area contributed by atoms with Gasteiger partial charge in [-0.1, -0.05) is 23.2 Å². The summed E-state index contributed by atoms with van der Waals surface area (Å²) in [6.07, 6.45) is 0.577. The molecule has 8 heteroatoms. The van der Waals surface area contributed by atoms with Crippen molar-refractivity contribution in [3.05, 3.63) is 52.4 Å². The van der Waals surface area contributed by atoms with Crippen molar-refractivity contribution in [2.45, 2.75) is 26.0 Å². The standard InChI is InChI=1S/C17H17Cl2NO5/c1-10(14-4-3-7-23-14)20-16(21)9-24-17(22)11(2)25-15-6-5-12(18)8-13(15)19/h3-8,10-11H,9H2,1-2H3,(H,20,21)/t10-,11+/m1/s1. The van der Waals surface area contributed by atoms with E-state index >= 15 is 0 Å². The van der Waals surface area contributed by atoms with Crippen molar-refractivity contribution in [3.63, 3.8) is 0 Å². The van der Waals surface area contributed by atoms with E-state index in [2.05, 4.69) is 5.32 Å². The smallest absolute Gasteiger partial charge is 0.347 e. The lowest BCUT2D eigenvalue weighted by Gasteiger charge is -2.16. The van der Waals surface area contributed by atoms with Crippen molar-refractivity contribution in [2.75, 3.05) is 6.61 Å². The number of carbonyl (C=O) groups is 2. The molecule has 6 nitrogen and oxygen atoms in total. The van der Waals surface area contributed by atoms with E-state index in [1.54, 1.807) is 31.2 Å². The number of esters is 1. The summed E-state index contributed by atoms with van der Waals surface area (Å²) in [4.78, 5) is 23.7. The summed E-state index contributed by atoms with van der Waals surface area (Å²) in [6.45, 7) is 2.83. The van der Waals surface area contributed by atoms with E-state index in [1.165, 1.54) is 19.3 Å². The number of carbonyl (C=O) groups excluding carboxylic acids is 2. The van der Waals surface area contributed by atoms with Crippen LogP contribution in [0.15, 0.2) is 41.0 Å². The summed E-state index contributed by atoms with van der Waals surface area (Å²) in [6, 6.07) is 7.76. The molecule has 2 aromatic rings. The van der Waals surface area contributed by atoms with Crippen LogP contribution in [0.25, 0.3) is 0 Å². The third-order valence-corrected chi connectivity index (χ3v) is 3.75. The highest BCUT2D eigenvalue weighted by Crippen LogP contribution is 2.28. The first kappa shape index (κ1) is 19.1. The second kappa shape index (κ2) is 8.78. The van der Waals surface area contributed by atoms with Crippen LogP contribution >= 0.6 is 23.2 Å². The average molecular weight is 386 g/mol. The monoisotopic (exact) mass is 385 g/mol. The summed E-state index contributed by atoms with van der Waals surface area (Å²) in [7, 11) is 0. The first-order chi connectivity index (χ1) is 11.9. The third kappa shape index (κ3) is 5.69. The minimum Gasteiger partial charge on any atom is -0.477 e. The molecular formula is C17H17Cl2NO5. The lowest BCUT2D eigenvalue weighted by molar-refractivity contribution is -0.154. The molecule has 2 atom stereocenters. The van der Waals surface area contributed by atoms with Crippen LogP contribution in [0.4, 0.5) is 0 Å². The molecule has 1 aromatic carbocycles. The Morgan fingerprint density at radius 2 is 2.00 bits per heavy atom. The second-order valence-electron chi connectivity index (χ2n) is 5.25. The third-order valence-electron chi connectivity index (χ3n) is 3.22. The Labute approximate surface area is 155 Å². The Kier molecular flexibility index (Phi) is 6.73. The predicted octanol–water partition coefficient (Wildman–Crippen LogP) is 3.77. The molecule has 0 aliphatic rings. The number of rotatable bonds is 7. The summed E-state index contributed by atoms with van der Waals surface area (Å²) in [5, 5.41) is 3.38. The van der Waals surface area contributed by atoms with Crippen LogP contribution in [-0.2, 0) is 14.3 Å². The maximum Gasteiger partial charge on any atom is 0.347 e. The van der Waals surface area contributed by atoms with Gasteiger partial charge < -0.3 is 19.2 Å². The van der Waals surface area contributed by atoms with Gasteiger partial charge in [0.25, 0.3) is 5.91 Å². The van der Waals surface area contributed by atoms with Gasteiger partial charge in [-0.3, -0.25) is 4.79 Å². The average Bonchev–Trinajstić information content (AvgIpc) is 3.09. The number of nitrogens with one attached hydrogen (secondary N) is 1. The number of halogens is 2. The Balaban J connectivity index is 1.79. The number of benzene rings is 1. The van der Waals surface area contributed by atoms with Crippen LogP contribution in [0.5, 0.6) is 5.75 Å². The van der Waals surface area contributed by atoms with Crippen LogP contribution in [-0.4, -0.2) is 24.6 Å².